The fraction of sp³-hybridized carbons (Fsp3) is 0.250. The molecule has 0 aliphatic carbocycles. The van der Waals surface area contributed by atoms with E-state index >= 15 is 0 Å². The van der Waals surface area contributed by atoms with Crippen molar-refractivity contribution in [3.05, 3.63) is 41.2 Å². The van der Waals surface area contributed by atoms with Gasteiger partial charge in [0.05, 0.1) is 10.9 Å². The highest BCUT2D eigenvalue weighted by Crippen LogP contribution is 2.28. The first-order valence-electron chi connectivity index (χ1n) is 7.38. The van der Waals surface area contributed by atoms with Crippen LogP contribution in [-0.2, 0) is 6.42 Å². The van der Waals surface area contributed by atoms with Gasteiger partial charge in [-0.25, -0.2) is 15.0 Å². The van der Waals surface area contributed by atoms with Crippen molar-refractivity contribution in [2.45, 2.75) is 13.3 Å². The molecule has 0 aromatic carbocycles. The molecule has 0 aliphatic heterocycles. The van der Waals surface area contributed by atoms with Crippen molar-refractivity contribution in [3.63, 3.8) is 0 Å². The van der Waals surface area contributed by atoms with E-state index in [9.17, 15) is 0 Å². The lowest BCUT2D eigenvalue weighted by atomic mass is 10.3. The van der Waals surface area contributed by atoms with Crippen LogP contribution in [0.5, 0.6) is 0 Å². The molecule has 0 aliphatic rings. The molecule has 0 fully saturated rings. The molecule has 116 valence electrons. The molecule has 2 N–H and O–H groups in total. The average molecular weight is 324 g/mol. The number of nitrogens with zero attached hydrogens (tertiary/aromatic N) is 4. The van der Waals surface area contributed by atoms with Crippen molar-refractivity contribution in [3.8, 4) is 6.07 Å². The number of rotatable bonds is 6. The maximum Gasteiger partial charge on any atom is 0.143 e. The molecular formula is C16H16N6S. The molecule has 23 heavy (non-hydrogen) atoms. The highest BCUT2D eigenvalue weighted by atomic mass is 32.1. The fourth-order valence-corrected chi connectivity index (χ4v) is 3.15. The van der Waals surface area contributed by atoms with Crippen molar-refractivity contribution in [2.24, 2.45) is 0 Å². The molecule has 0 saturated heterocycles. The van der Waals surface area contributed by atoms with E-state index in [0.717, 1.165) is 22.5 Å². The summed E-state index contributed by atoms with van der Waals surface area (Å²) >= 11 is 1.70. The van der Waals surface area contributed by atoms with E-state index < -0.39 is 0 Å². The summed E-state index contributed by atoms with van der Waals surface area (Å²) in [6.07, 6.45) is 4.25. The Kier molecular flexibility index (Phi) is 4.64. The third-order valence-corrected chi connectivity index (χ3v) is 4.55. The summed E-state index contributed by atoms with van der Waals surface area (Å²) < 4.78 is 0. The molecule has 0 amide bonds. The quantitative estimate of drug-likeness (QED) is 0.678. The fourth-order valence-electron chi connectivity index (χ4n) is 2.22. The first-order chi connectivity index (χ1) is 11.3. The molecule has 0 saturated carbocycles. The molecule has 0 unspecified atom stereocenters. The number of anilines is 2. The zero-order valence-electron chi connectivity index (χ0n) is 12.7. The Hall–Kier alpha value is -2.72. The number of fused-ring (bicyclic) bond motifs is 1. The number of hydrogen-bond acceptors (Lipinski definition) is 7. The van der Waals surface area contributed by atoms with Crippen LogP contribution in [0.1, 0.15) is 17.4 Å². The second-order valence-corrected chi connectivity index (χ2v) is 5.99. The number of hydrogen-bond donors (Lipinski definition) is 2. The van der Waals surface area contributed by atoms with Gasteiger partial charge in [0.15, 0.2) is 0 Å². The number of aromatic nitrogens is 3. The lowest BCUT2D eigenvalue weighted by molar-refractivity contribution is 1.04. The van der Waals surface area contributed by atoms with Crippen LogP contribution in [0.25, 0.3) is 10.2 Å². The highest BCUT2D eigenvalue weighted by molar-refractivity contribution is 7.18. The van der Waals surface area contributed by atoms with Crippen LogP contribution in [0.2, 0.25) is 0 Å². The maximum atomic E-state index is 9.04. The van der Waals surface area contributed by atoms with Crippen LogP contribution in [0, 0.1) is 11.3 Å². The van der Waals surface area contributed by atoms with Gasteiger partial charge in [-0.3, -0.25) is 0 Å². The molecule has 7 heteroatoms. The molecule has 3 aromatic rings. The molecule has 3 rings (SSSR count). The summed E-state index contributed by atoms with van der Waals surface area (Å²) in [5, 5.41) is 16.6. The van der Waals surface area contributed by atoms with E-state index in [0.29, 0.717) is 24.5 Å². The molecule has 6 nitrogen and oxygen atoms in total. The van der Waals surface area contributed by atoms with E-state index in [1.807, 2.05) is 0 Å². The third kappa shape index (κ3) is 3.38. The largest absolute Gasteiger partial charge is 0.368 e. The van der Waals surface area contributed by atoms with Crippen molar-refractivity contribution in [1.29, 1.82) is 5.26 Å². The first kappa shape index (κ1) is 15.2. The highest BCUT2D eigenvalue weighted by Gasteiger charge is 2.07. The molecule has 3 heterocycles. The normalized spacial score (nSPS) is 10.4. The van der Waals surface area contributed by atoms with Gasteiger partial charge in [0.2, 0.25) is 0 Å². The van der Waals surface area contributed by atoms with Gasteiger partial charge in [-0.2, -0.15) is 5.26 Å². The molecular weight excluding hydrogens is 308 g/mol. The summed E-state index contributed by atoms with van der Waals surface area (Å²) in [4.78, 5) is 15.1. The van der Waals surface area contributed by atoms with Crippen molar-refractivity contribution in [1.82, 2.24) is 15.0 Å². The van der Waals surface area contributed by atoms with Gasteiger partial charge in [-0.05, 0) is 24.6 Å². The Morgan fingerprint density at radius 1 is 1.17 bits per heavy atom. The minimum absolute atomic E-state index is 0.544. The molecule has 0 radical (unpaired) electrons. The zero-order chi connectivity index (χ0) is 16.1. The second-order valence-electron chi connectivity index (χ2n) is 4.87. The molecule has 0 atom stereocenters. The van der Waals surface area contributed by atoms with Gasteiger partial charge in [0, 0.05) is 24.2 Å². The first-order valence-corrected chi connectivity index (χ1v) is 8.19. The van der Waals surface area contributed by atoms with E-state index in [4.69, 9.17) is 5.26 Å². The SMILES string of the molecule is CCc1cc2c(NCCNc3ncccc3C#N)ncnc2s1. The molecule has 0 bridgehead atoms. The van der Waals surface area contributed by atoms with Crippen molar-refractivity contribution >= 4 is 33.2 Å². The smallest absolute Gasteiger partial charge is 0.143 e. The van der Waals surface area contributed by atoms with Gasteiger partial charge in [-0.15, -0.1) is 11.3 Å². The lowest BCUT2D eigenvalue weighted by Crippen LogP contribution is -2.15. The Morgan fingerprint density at radius 2 is 2.00 bits per heavy atom. The van der Waals surface area contributed by atoms with E-state index in [2.05, 4.69) is 44.6 Å². The van der Waals surface area contributed by atoms with Crippen LogP contribution in [-0.4, -0.2) is 28.0 Å². The monoisotopic (exact) mass is 324 g/mol. The zero-order valence-corrected chi connectivity index (χ0v) is 13.5. The van der Waals surface area contributed by atoms with E-state index in [-0.39, 0.29) is 0 Å². The Bertz CT molecular complexity index is 851. The summed E-state index contributed by atoms with van der Waals surface area (Å²) in [5.41, 5.74) is 0.544. The van der Waals surface area contributed by atoms with E-state index in [1.165, 1.54) is 4.88 Å². The summed E-state index contributed by atoms with van der Waals surface area (Å²) in [6, 6.07) is 7.76. The van der Waals surface area contributed by atoms with E-state index in [1.54, 1.807) is 36.0 Å². The Morgan fingerprint density at radius 3 is 2.78 bits per heavy atom. The van der Waals surface area contributed by atoms with Crippen LogP contribution in [0.3, 0.4) is 0 Å². The predicted octanol–water partition coefficient (Wildman–Crippen LogP) is 3.04. The minimum atomic E-state index is 0.544. The van der Waals surface area contributed by atoms with Gasteiger partial charge in [0.1, 0.15) is 28.9 Å². The number of nitriles is 1. The number of aryl methyl sites for hydroxylation is 1. The summed E-state index contributed by atoms with van der Waals surface area (Å²) in [6.45, 7) is 3.45. The number of pyridine rings is 1. The third-order valence-electron chi connectivity index (χ3n) is 3.37. The lowest BCUT2D eigenvalue weighted by Gasteiger charge is -2.09. The van der Waals surface area contributed by atoms with Crippen LogP contribution >= 0.6 is 11.3 Å². The predicted molar refractivity (Wildman–Crippen MR) is 92.7 cm³/mol. The standard InChI is InChI=1S/C16H16N6S/c1-2-12-8-13-15(21-10-22-16(13)23-12)20-7-6-19-14-11(9-17)4-3-5-18-14/h3-5,8,10H,2,6-7H2,1H3,(H,18,19)(H,20,21,22). The summed E-state index contributed by atoms with van der Waals surface area (Å²) in [7, 11) is 0. The maximum absolute atomic E-state index is 9.04. The summed E-state index contributed by atoms with van der Waals surface area (Å²) in [5.74, 6) is 1.45. The molecule has 0 spiro atoms. The minimum Gasteiger partial charge on any atom is -0.368 e. The van der Waals surface area contributed by atoms with Crippen LogP contribution in [0.15, 0.2) is 30.7 Å². The Labute approximate surface area is 138 Å². The van der Waals surface area contributed by atoms with Gasteiger partial charge < -0.3 is 10.6 Å². The van der Waals surface area contributed by atoms with Gasteiger partial charge in [-0.1, -0.05) is 6.92 Å². The van der Waals surface area contributed by atoms with Crippen LogP contribution in [0.4, 0.5) is 11.6 Å². The van der Waals surface area contributed by atoms with Gasteiger partial charge >= 0.3 is 0 Å². The van der Waals surface area contributed by atoms with Crippen LogP contribution < -0.4 is 10.6 Å². The topological polar surface area (TPSA) is 86.5 Å². The van der Waals surface area contributed by atoms with Crippen molar-refractivity contribution < 1.29 is 0 Å². The number of nitrogens with one attached hydrogen (secondary N) is 2. The Balaban J connectivity index is 1.63. The second kappa shape index (κ2) is 7.03. The average Bonchev–Trinajstić information content (AvgIpc) is 3.03. The van der Waals surface area contributed by atoms with Gasteiger partial charge in [0.25, 0.3) is 0 Å². The van der Waals surface area contributed by atoms with Crippen molar-refractivity contribution in [2.75, 3.05) is 23.7 Å². The molecule has 3 aromatic heterocycles. The number of thiophene rings is 1.